The highest BCUT2D eigenvalue weighted by Crippen LogP contribution is 2.39. The van der Waals surface area contributed by atoms with E-state index in [0.29, 0.717) is 23.1 Å². The van der Waals surface area contributed by atoms with Gasteiger partial charge in [-0.25, -0.2) is 9.97 Å². The second-order valence-electron chi connectivity index (χ2n) is 9.84. The van der Waals surface area contributed by atoms with Crippen LogP contribution in [0.25, 0.3) is 32.4 Å². The lowest BCUT2D eigenvalue weighted by molar-refractivity contribution is -0.111. The maximum Gasteiger partial charge on any atom is 0.247 e. The average molecular weight is 556 g/mol. The van der Waals surface area contributed by atoms with E-state index < -0.39 is 0 Å². The number of benzene rings is 2. The fourth-order valence-corrected chi connectivity index (χ4v) is 5.41. The van der Waals surface area contributed by atoms with Crippen LogP contribution in [0.3, 0.4) is 0 Å². The molecular weight excluding hydrogens is 522 g/mol. The topological polar surface area (TPSA) is 87.5 Å². The van der Waals surface area contributed by atoms with Crippen molar-refractivity contribution in [1.82, 2.24) is 19.4 Å². The molecule has 0 radical (unpaired) electrons. The lowest BCUT2D eigenvalue weighted by atomic mass is 10.1. The van der Waals surface area contributed by atoms with Crippen LogP contribution in [0.1, 0.15) is 0 Å². The highest BCUT2D eigenvalue weighted by atomic mass is 32.1. The zero-order valence-electron chi connectivity index (χ0n) is 23.4. The van der Waals surface area contributed by atoms with Crippen molar-refractivity contribution in [3.63, 3.8) is 0 Å². The molecule has 0 aliphatic rings. The van der Waals surface area contributed by atoms with E-state index in [4.69, 9.17) is 14.7 Å². The standard InChI is InChI=1S/C30H33N7O2S/c1-7-27(38)31-22-17-23(26(39-6)18-25(22)37(5)14-13-35(2)3)33-30-32-21-11-15-40-29(21)28(34-30)20-8-9-24-19(16-20)10-12-36(24)4/h7-12,15-18H,1,13-14H2,2-6H3,(H,31,38)(H,32,33,34). The van der Waals surface area contributed by atoms with Gasteiger partial charge >= 0.3 is 0 Å². The van der Waals surface area contributed by atoms with Gasteiger partial charge in [-0.1, -0.05) is 12.6 Å². The van der Waals surface area contributed by atoms with Gasteiger partial charge in [0, 0.05) is 55.9 Å². The Bertz CT molecular complexity index is 1710. The molecule has 2 N–H and O–H groups in total. The number of carbonyl (C=O) groups excluding carboxylic acids is 1. The summed E-state index contributed by atoms with van der Waals surface area (Å²) in [7, 11) is 9.70. The van der Waals surface area contributed by atoms with Gasteiger partial charge in [0.15, 0.2) is 0 Å². The molecule has 0 atom stereocenters. The summed E-state index contributed by atoms with van der Waals surface area (Å²) < 4.78 is 8.89. The van der Waals surface area contributed by atoms with E-state index in [1.54, 1.807) is 18.4 Å². The van der Waals surface area contributed by atoms with Crippen molar-refractivity contribution in [3.8, 4) is 17.0 Å². The number of ether oxygens (including phenoxy) is 1. The number of hydrogen-bond donors (Lipinski definition) is 2. The third-order valence-corrected chi connectivity index (χ3v) is 7.67. The van der Waals surface area contributed by atoms with Crippen molar-refractivity contribution in [2.24, 2.45) is 7.05 Å². The second kappa shape index (κ2) is 11.4. The largest absolute Gasteiger partial charge is 0.494 e. The van der Waals surface area contributed by atoms with Crippen LogP contribution in [0.2, 0.25) is 0 Å². The molecule has 0 saturated carbocycles. The first kappa shape index (κ1) is 27.2. The molecule has 0 unspecified atom stereocenters. The maximum absolute atomic E-state index is 12.3. The van der Waals surface area contributed by atoms with E-state index in [-0.39, 0.29) is 5.91 Å². The number of aryl methyl sites for hydroxylation is 1. The van der Waals surface area contributed by atoms with E-state index in [1.165, 1.54) is 6.08 Å². The van der Waals surface area contributed by atoms with Gasteiger partial charge in [0.05, 0.1) is 40.1 Å². The van der Waals surface area contributed by atoms with Crippen LogP contribution < -0.4 is 20.3 Å². The molecule has 206 valence electrons. The van der Waals surface area contributed by atoms with Crippen molar-refractivity contribution in [1.29, 1.82) is 0 Å². The number of fused-ring (bicyclic) bond motifs is 2. The number of likely N-dealkylation sites (N-methyl/N-ethyl adjacent to an activating group) is 2. The molecule has 0 fully saturated rings. The van der Waals surface area contributed by atoms with Gasteiger partial charge in [0.1, 0.15) is 5.75 Å². The molecule has 10 heteroatoms. The van der Waals surface area contributed by atoms with E-state index in [0.717, 1.165) is 51.2 Å². The summed E-state index contributed by atoms with van der Waals surface area (Å²) in [5, 5.41) is 9.47. The SMILES string of the molecule is C=CC(=O)Nc1cc(Nc2nc(-c3ccc4c(ccn4C)c3)c3sccc3n2)c(OC)cc1N(C)CCN(C)C. The maximum atomic E-state index is 12.3. The zero-order valence-corrected chi connectivity index (χ0v) is 24.2. The molecule has 3 heterocycles. The third kappa shape index (κ3) is 5.49. The number of anilines is 4. The first-order valence-corrected chi connectivity index (χ1v) is 13.7. The Morgan fingerprint density at radius 3 is 2.67 bits per heavy atom. The molecular formula is C30H33N7O2S. The van der Waals surface area contributed by atoms with Crippen LogP contribution in [0, 0.1) is 0 Å². The molecule has 0 saturated heterocycles. The van der Waals surface area contributed by atoms with Crippen LogP contribution >= 0.6 is 11.3 Å². The Morgan fingerprint density at radius 2 is 1.93 bits per heavy atom. The Kier molecular flexibility index (Phi) is 7.72. The number of thiophene rings is 1. The van der Waals surface area contributed by atoms with Crippen molar-refractivity contribution < 1.29 is 9.53 Å². The number of rotatable bonds is 10. The first-order valence-electron chi connectivity index (χ1n) is 12.9. The Hall–Kier alpha value is -4.41. The van der Waals surface area contributed by atoms with Crippen LogP contribution in [0.5, 0.6) is 5.75 Å². The minimum Gasteiger partial charge on any atom is -0.494 e. The molecule has 0 spiro atoms. The predicted molar refractivity (Wildman–Crippen MR) is 166 cm³/mol. The quantitative estimate of drug-likeness (QED) is 0.213. The summed E-state index contributed by atoms with van der Waals surface area (Å²) in [6.45, 7) is 5.21. The number of nitrogens with one attached hydrogen (secondary N) is 2. The number of carbonyl (C=O) groups is 1. The Morgan fingerprint density at radius 1 is 1.10 bits per heavy atom. The molecule has 3 aromatic heterocycles. The average Bonchev–Trinajstić information content (AvgIpc) is 3.57. The molecule has 1 amide bonds. The molecule has 0 aliphatic heterocycles. The minimum atomic E-state index is -0.298. The van der Waals surface area contributed by atoms with Crippen molar-refractivity contribution in [2.45, 2.75) is 0 Å². The number of nitrogens with zero attached hydrogens (tertiary/aromatic N) is 5. The summed E-state index contributed by atoms with van der Waals surface area (Å²) in [5.41, 5.74) is 5.96. The number of aromatic nitrogens is 3. The lowest BCUT2D eigenvalue weighted by Crippen LogP contribution is -2.29. The fraction of sp³-hybridized carbons (Fsp3) is 0.233. The lowest BCUT2D eigenvalue weighted by Gasteiger charge is -2.26. The zero-order chi connectivity index (χ0) is 28.4. The highest BCUT2D eigenvalue weighted by molar-refractivity contribution is 7.17. The van der Waals surface area contributed by atoms with Crippen molar-refractivity contribution in [3.05, 3.63) is 66.7 Å². The molecule has 40 heavy (non-hydrogen) atoms. The molecule has 0 aliphatic carbocycles. The molecule has 2 aromatic carbocycles. The van der Waals surface area contributed by atoms with Crippen LogP contribution in [-0.4, -0.2) is 66.7 Å². The molecule has 0 bridgehead atoms. The van der Waals surface area contributed by atoms with Gasteiger partial charge in [0.25, 0.3) is 0 Å². The van der Waals surface area contributed by atoms with Crippen LogP contribution in [-0.2, 0) is 11.8 Å². The summed E-state index contributed by atoms with van der Waals surface area (Å²) in [4.78, 5) is 26.2. The number of amides is 1. The summed E-state index contributed by atoms with van der Waals surface area (Å²) in [6, 6.07) is 14.2. The summed E-state index contributed by atoms with van der Waals surface area (Å²) in [5.74, 6) is 0.736. The van der Waals surface area contributed by atoms with Gasteiger partial charge in [0.2, 0.25) is 11.9 Å². The predicted octanol–water partition coefficient (Wildman–Crippen LogP) is 5.72. The Balaban J connectivity index is 1.56. The van der Waals surface area contributed by atoms with Gasteiger partial charge in [-0.15, -0.1) is 11.3 Å². The second-order valence-corrected chi connectivity index (χ2v) is 10.8. The van der Waals surface area contributed by atoms with Gasteiger partial charge in [-0.3, -0.25) is 4.79 Å². The van der Waals surface area contributed by atoms with Crippen molar-refractivity contribution >= 4 is 61.4 Å². The fourth-order valence-electron chi connectivity index (χ4n) is 4.57. The normalized spacial score (nSPS) is 11.2. The first-order chi connectivity index (χ1) is 19.3. The van der Waals surface area contributed by atoms with Gasteiger partial charge in [-0.2, -0.15) is 0 Å². The number of hydrogen-bond acceptors (Lipinski definition) is 8. The molecule has 5 aromatic rings. The summed E-state index contributed by atoms with van der Waals surface area (Å²) >= 11 is 1.62. The van der Waals surface area contributed by atoms with E-state index >= 15 is 0 Å². The Labute approximate surface area is 237 Å². The van der Waals surface area contributed by atoms with Gasteiger partial charge < -0.3 is 29.7 Å². The van der Waals surface area contributed by atoms with Gasteiger partial charge in [-0.05, 0) is 55.9 Å². The monoisotopic (exact) mass is 555 g/mol. The van der Waals surface area contributed by atoms with Crippen LogP contribution in [0.4, 0.5) is 23.0 Å². The minimum absolute atomic E-state index is 0.298. The van der Waals surface area contributed by atoms with E-state index in [2.05, 4.69) is 62.0 Å². The van der Waals surface area contributed by atoms with Crippen LogP contribution in [0.15, 0.2) is 66.7 Å². The third-order valence-electron chi connectivity index (χ3n) is 6.76. The van der Waals surface area contributed by atoms with Crippen molar-refractivity contribution in [2.75, 3.05) is 56.9 Å². The van der Waals surface area contributed by atoms with E-state index in [9.17, 15) is 4.79 Å². The number of methoxy groups -OCH3 is 1. The highest BCUT2D eigenvalue weighted by Gasteiger charge is 2.18. The van der Waals surface area contributed by atoms with E-state index in [1.807, 2.05) is 51.8 Å². The molecule has 9 nitrogen and oxygen atoms in total. The summed E-state index contributed by atoms with van der Waals surface area (Å²) in [6.07, 6.45) is 3.31. The smallest absolute Gasteiger partial charge is 0.247 e. The molecule has 5 rings (SSSR count).